The zero-order valence-corrected chi connectivity index (χ0v) is 8.08. The van der Waals surface area contributed by atoms with Crippen molar-refractivity contribution in [3.63, 3.8) is 0 Å². The van der Waals surface area contributed by atoms with Gasteiger partial charge in [0.1, 0.15) is 0 Å². The normalized spacial score (nSPS) is 10.0. The summed E-state index contributed by atoms with van der Waals surface area (Å²) in [7, 11) is 0. The van der Waals surface area contributed by atoms with Crippen LogP contribution in [-0.2, 0) is 0 Å². The van der Waals surface area contributed by atoms with Gasteiger partial charge in [-0.3, -0.25) is 0 Å². The first kappa shape index (κ1) is 9.02. The molecule has 1 nitrogen and oxygen atoms in total. The molecule has 0 aromatic heterocycles. The molecule has 0 unspecified atom stereocenters. The van der Waals surface area contributed by atoms with Crippen LogP contribution < -0.4 is 0 Å². The van der Waals surface area contributed by atoms with E-state index in [-0.39, 0.29) is 0 Å². The van der Waals surface area contributed by atoms with Crippen LogP contribution in [0.2, 0.25) is 0 Å². The summed E-state index contributed by atoms with van der Waals surface area (Å²) in [6, 6.07) is 10.0. The molecular weight excluding hydrogens is 214 g/mol. The Morgan fingerprint density at radius 1 is 1.50 bits per heavy atom. The van der Waals surface area contributed by atoms with Crippen LogP contribution in [0.4, 0.5) is 0 Å². The second-order valence-corrected chi connectivity index (χ2v) is 3.24. The Morgan fingerprint density at radius 3 is 3.00 bits per heavy atom. The smallest absolute Gasteiger partial charge is 0.0663 e. The number of allylic oxidation sites excluding steroid dienone is 1. The highest BCUT2D eigenvalue weighted by Crippen LogP contribution is 2.12. The molecule has 0 bridgehead atoms. The fourth-order valence-electron chi connectivity index (χ4n) is 0.858. The maximum atomic E-state index is 8.29. The Kier molecular flexibility index (Phi) is 3.56. The monoisotopic (exact) mass is 221 g/mol. The predicted molar refractivity (Wildman–Crippen MR) is 53.4 cm³/mol. The van der Waals surface area contributed by atoms with Gasteiger partial charge in [-0.25, -0.2) is 0 Å². The van der Waals surface area contributed by atoms with Crippen molar-refractivity contribution < 1.29 is 0 Å². The fourth-order valence-corrected chi connectivity index (χ4v) is 1.27. The van der Waals surface area contributed by atoms with Gasteiger partial charge in [0.15, 0.2) is 0 Å². The van der Waals surface area contributed by atoms with Crippen LogP contribution in [0.25, 0.3) is 6.08 Å². The van der Waals surface area contributed by atoms with Crippen molar-refractivity contribution in [2.45, 2.75) is 6.42 Å². The molecule has 0 amide bonds. The van der Waals surface area contributed by atoms with Crippen molar-refractivity contribution >= 4 is 22.0 Å². The third-order valence-electron chi connectivity index (χ3n) is 1.37. The fraction of sp³-hybridized carbons (Fsp3) is 0.100. The second kappa shape index (κ2) is 4.74. The van der Waals surface area contributed by atoms with E-state index in [0.29, 0.717) is 6.42 Å². The van der Waals surface area contributed by atoms with Gasteiger partial charge in [-0.15, -0.1) is 0 Å². The van der Waals surface area contributed by atoms with Gasteiger partial charge in [-0.2, -0.15) is 5.26 Å². The number of benzene rings is 1. The average Bonchev–Trinajstić information content (AvgIpc) is 2.05. The van der Waals surface area contributed by atoms with E-state index in [1.807, 2.05) is 36.4 Å². The van der Waals surface area contributed by atoms with Crippen LogP contribution in [0.1, 0.15) is 12.0 Å². The summed E-state index contributed by atoms with van der Waals surface area (Å²) < 4.78 is 1.06. The van der Waals surface area contributed by atoms with Crippen molar-refractivity contribution in [2.24, 2.45) is 0 Å². The third kappa shape index (κ3) is 2.89. The molecule has 2 heteroatoms. The Hall–Kier alpha value is -1.07. The molecule has 0 aliphatic rings. The van der Waals surface area contributed by atoms with Crippen LogP contribution in [0.5, 0.6) is 0 Å². The number of hydrogen-bond donors (Lipinski definition) is 0. The lowest BCUT2D eigenvalue weighted by Gasteiger charge is -1.92. The summed E-state index contributed by atoms with van der Waals surface area (Å²) in [4.78, 5) is 0. The average molecular weight is 222 g/mol. The summed E-state index contributed by atoms with van der Waals surface area (Å²) in [6.45, 7) is 0. The second-order valence-electron chi connectivity index (χ2n) is 2.32. The van der Waals surface area contributed by atoms with Crippen molar-refractivity contribution in [1.29, 1.82) is 5.26 Å². The first-order valence-corrected chi connectivity index (χ1v) is 4.41. The summed E-state index contributed by atoms with van der Waals surface area (Å²) in [6.07, 6.45) is 4.25. The van der Waals surface area contributed by atoms with Crippen LogP contribution in [0, 0.1) is 11.3 Å². The zero-order chi connectivity index (χ0) is 8.81. The summed E-state index contributed by atoms with van der Waals surface area (Å²) in [5, 5.41) is 8.29. The molecule has 1 aromatic rings. The van der Waals surface area contributed by atoms with Gasteiger partial charge in [0, 0.05) is 4.47 Å². The molecule has 1 aromatic carbocycles. The summed E-state index contributed by atoms with van der Waals surface area (Å²) in [5.41, 5.74) is 1.11. The number of halogens is 1. The summed E-state index contributed by atoms with van der Waals surface area (Å²) in [5.74, 6) is 0. The van der Waals surface area contributed by atoms with Gasteiger partial charge >= 0.3 is 0 Å². The summed E-state index contributed by atoms with van der Waals surface area (Å²) >= 11 is 3.37. The molecule has 0 spiro atoms. The predicted octanol–water partition coefficient (Wildman–Crippen LogP) is 3.38. The quantitative estimate of drug-likeness (QED) is 0.752. The van der Waals surface area contributed by atoms with Crippen LogP contribution in [0.3, 0.4) is 0 Å². The van der Waals surface area contributed by atoms with Gasteiger partial charge < -0.3 is 0 Å². The molecule has 0 saturated heterocycles. The van der Waals surface area contributed by atoms with Crippen LogP contribution >= 0.6 is 15.9 Å². The number of rotatable bonds is 2. The van der Waals surface area contributed by atoms with E-state index < -0.39 is 0 Å². The Labute approximate surface area is 80.5 Å². The van der Waals surface area contributed by atoms with Crippen molar-refractivity contribution in [3.05, 3.63) is 40.4 Å². The van der Waals surface area contributed by atoms with E-state index in [2.05, 4.69) is 22.0 Å². The van der Waals surface area contributed by atoms with Gasteiger partial charge in [0.2, 0.25) is 0 Å². The van der Waals surface area contributed by atoms with Crippen molar-refractivity contribution in [3.8, 4) is 6.07 Å². The lowest BCUT2D eigenvalue weighted by atomic mass is 10.2. The van der Waals surface area contributed by atoms with Gasteiger partial charge in [0.05, 0.1) is 12.5 Å². The Balaban J connectivity index is 2.71. The highest BCUT2D eigenvalue weighted by molar-refractivity contribution is 9.10. The van der Waals surface area contributed by atoms with E-state index in [1.54, 1.807) is 0 Å². The van der Waals surface area contributed by atoms with Gasteiger partial charge in [-0.05, 0) is 17.7 Å². The SMILES string of the molecule is N#CC/C=C/c1cccc(Br)c1. The topological polar surface area (TPSA) is 23.8 Å². The molecule has 0 N–H and O–H groups in total. The van der Waals surface area contributed by atoms with Crippen molar-refractivity contribution in [1.82, 2.24) is 0 Å². The van der Waals surface area contributed by atoms with E-state index in [9.17, 15) is 0 Å². The van der Waals surface area contributed by atoms with E-state index in [1.165, 1.54) is 0 Å². The first-order chi connectivity index (χ1) is 5.83. The Morgan fingerprint density at radius 2 is 2.33 bits per heavy atom. The van der Waals surface area contributed by atoms with Gasteiger partial charge in [0.25, 0.3) is 0 Å². The van der Waals surface area contributed by atoms with Crippen LogP contribution in [-0.4, -0.2) is 0 Å². The third-order valence-corrected chi connectivity index (χ3v) is 1.86. The van der Waals surface area contributed by atoms with Crippen LogP contribution in [0.15, 0.2) is 34.8 Å². The zero-order valence-electron chi connectivity index (χ0n) is 6.50. The minimum atomic E-state index is 0.465. The molecule has 0 saturated carbocycles. The molecule has 1 rings (SSSR count). The molecule has 60 valence electrons. The molecule has 0 fully saturated rings. The largest absolute Gasteiger partial charge is 0.198 e. The highest BCUT2D eigenvalue weighted by Gasteiger charge is 1.86. The number of nitrogens with zero attached hydrogens (tertiary/aromatic N) is 1. The molecule has 12 heavy (non-hydrogen) atoms. The lowest BCUT2D eigenvalue weighted by Crippen LogP contribution is -1.70. The maximum absolute atomic E-state index is 8.29. The Bertz CT molecular complexity index is 323. The minimum absolute atomic E-state index is 0.465. The number of hydrogen-bond acceptors (Lipinski definition) is 1. The van der Waals surface area contributed by atoms with E-state index >= 15 is 0 Å². The van der Waals surface area contributed by atoms with E-state index in [0.717, 1.165) is 10.0 Å². The molecule has 0 radical (unpaired) electrons. The maximum Gasteiger partial charge on any atom is 0.0663 e. The molecule has 0 aliphatic heterocycles. The standard InChI is InChI=1S/C10H8BrN/c11-10-6-3-5-9(8-10)4-1-2-7-12/h1,3-6,8H,2H2/b4-1+. The van der Waals surface area contributed by atoms with Crippen molar-refractivity contribution in [2.75, 3.05) is 0 Å². The lowest BCUT2D eigenvalue weighted by molar-refractivity contribution is 1.36. The highest BCUT2D eigenvalue weighted by atomic mass is 79.9. The molecule has 0 heterocycles. The van der Waals surface area contributed by atoms with Gasteiger partial charge in [-0.1, -0.05) is 40.2 Å². The molecular formula is C10H8BrN. The number of nitriles is 1. The molecule has 0 aliphatic carbocycles. The first-order valence-electron chi connectivity index (χ1n) is 3.62. The molecule has 0 atom stereocenters. The van der Waals surface area contributed by atoms with E-state index in [4.69, 9.17) is 5.26 Å². The minimum Gasteiger partial charge on any atom is -0.198 e.